The van der Waals surface area contributed by atoms with Gasteiger partial charge in [-0.1, -0.05) is 75.6 Å². The van der Waals surface area contributed by atoms with Gasteiger partial charge in [0.25, 0.3) is 0 Å². The van der Waals surface area contributed by atoms with Gasteiger partial charge >= 0.3 is 0 Å². The number of nitrogens with zero attached hydrogens (tertiary/aromatic N) is 1. The van der Waals surface area contributed by atoms with Crippen LogP contribution in [0.4, 0.5) is 0 Å². The van der Waals surface area contributed by atoms with Gasteiger partial charge in [-0.25, -0.2) is 0 Å². The standard InChI is InChI=1S/C27H42NO2/c1-6-28(4,5)27(30-22-21-29-26-15-11-8-12-16-26)25-19-17-24(18-20-25)14-10-7-9-13-23(2)3/h8,11-12,15-20,23,27H,6-7,9-10,13-14,21-22H2,1-5H3/q+1. The highest BCUT2D eigenvalue weighted by Gasteiger charge is 2.29. The molecule has 0 radical (unpaired) electrons. The summed E-state index contributed by atoms with van der Waals surface area (Å²) in [4.78, 5) is 0. The van der Waals surface area contributed by atoms with E-state index in [1.54, 1.807) is 0 Å². The van der Waals surface area contributed by atoms with Gasteiger partial charge in [0.05, 0.1) is 27.2 Å². The van der Waals surface area contributed by atoms with Gasteiger partial charge in [0, 0.05) is 5.56 Å². The van der Waals surface area contributed by atoms with Crippen molar-refractivity contribution in [2.45, 2.75) is 59.1 Å². The molecule has 1 atom stereocenters. The van der Waals surface area contributed by atoms with E-state index < -0.39 is 0 Å². The van der Waals surface area contributed by atoms with Crippen molar-refractivity contribution in [1.29, 1.82) is 0 Å². The van der Waals surface area contributed by atoms with Crippen LogP contribution < -0.4 is 4.74 Å². The fraction of sp³-hybridized carbons (Fsp3) is 0.556. The lowest BCUT2D eigenvalue weighted by Crippen LogP contribution is -2.44. The molecule has 0 N–H and O–H groups in total. The minimum atomic E-state index is 0.00876. The summed E-state index contributed by atoms with van der Waals surface area (Å²) in [6.07, 6.45) is 6.47. The number of aryl methyl sites for hydroxylation is 1. The molecule has 0 spiro atoms. The van der Waals surface area contributed by atoms with Crippen LogP contribution in [0.2, 0.25) is 0 Å². The maximum Gasteiger partial charge on any atom is 0.219 e. The van der Waals surface area contributed by atoms with E-state index in [0.29, 0.717) is 13.2 Å². The van der Waals surface area contributed by atoms with Crippen molar-refractivity contribution in [2.75, 3.05) is 33.9 Å². The van der Waals surface area contributed by atoms with Crippen molar-refractivity contribution in [2.24, 2.45) is 5.92 Å². The van der Waals surface area contributed by atoms with Gasteiger partial charge in [-0.15, -0.1) is 0 Å². The zero-order valence-corrected chi connectivity index (χ0v) is 19.8. The summed E-state index contributed by atoms with van der Waals surface area (Å²) in [5.74, 6) is 1.71. The normalized spacial score (nSPS) is 12.9. The van der Waals surface area contributed by atoms with Crippen LogP contribution in [0, 0.1) is 5.92 Å². The molecule has 3 nitrogen and oxygen atoms in total. The molecule has 0 aromatic heterocycles. The van der Waals surface area contributed by atoms with Crippen LogP contribution in [0.3, 0.4) is 0 Å². The van der Waals surface area contributed by atoms with E-state index in [1.165, 1.54) is 43.2 Å². The third-order valence-corrected chi connectivity index (χ3v) is 5.83. The minimum Gasteiger partial charge on any atom is -0.491 e. The topological polar surface area (TPSA) is 18.5 Å². The molecular formula is C27H42NO2+. The molecule has 2 aromatic carbocycles. The first-order valence-corrected chi connectivity index (χ1v) is 11.6. The number of rotatable bonds is 14. The van der Waals surface area contributed by atoms with E-state index in [0.717, 1.165) is 22.7 Å². The lowest BCUT2D eigenvalue weighted by Gasteiger charge is -2.36. The molecule has 0 saturated heterocycles. The van der Waals surface area contributed by atoms with Gasteiger partial charge in [-0.3, -0.25) is 4.48 Å². The Morgan fingerprint density at radius 2 is 1.53 bits per heavy atom. The summed E-state index contributed by atoms with van der Waals surface area (Å²) >= 11 is 0. The quantitative estimate of drug-likeness (QED) is 0.197. The smallest absolute Gasteiger partial charge is 0.219 e. The van der Waals surface area contributed by atoms with Gasteiger partial charge in [0.2, 0.25) is 6.23 Å². The van der Waals surface area contributed by atoms with E-state index in [1.807, 2.05) is 30.3 Å². The monoisotopic (exact) mass is 412 g/mol. The summed E-state index contributed by atoms with van der Waals surface area (Å²) in [6.45, 7) is 8.95. The molecular weight excluding hydrogens is 370 g/mol. The lowest BCUT2D eigenvalue weighted by molar-refractivity contribution is -0.943. The third kappa shape index (κ3) is 8.49. The molecule has 2 rings (SSSR count). The fourth-order valence-electron chi connectivity index (χ4n) is 3.61. The maximum atomic E-state index is 6.33. The molecule has 0 bridgehead atoms. The first-order valence-electron chi connectivity index (χ1n) is 11.6. The number of hydrogen-bond donors (Lipinski definition) is 0. The zero-order valence-electron chi connectivity index (χ0n) is 19.8. The van der Waals surface area contributed by atoms with Crippen molar-refractivity contribution in [3.8, 4) is 5.75 Å². The Morgan fingerprint density at radius 3 is 2.17 bits per heavy atom. The molecule has 0 heterocycles. The summed E-state index contributed by atoms with van der Waals surface area (Å²) in [6, 6.07) is 19.0. The second-order valence-corrected chi connectivity index (χ2v) is 9.21. The van der Waals surface area contributed by atoms with Crippen molar-refractivity contribution < 1.29 is 14.0 Å². The van der Waals surface area contributed by atoms with Crippen molar-refractivity contribution in [3.63, 3.8) is 0 Å². The highest BCUT2D eigenvalue weighted by Crippen LogP contribution is 2.27. The zero-order chi connectivity index (χ0) is 21.8. The van der Waals surface area contributed by atoms with E-state index in [4.69, 9.17) is 9.47 Å². The Bertz CT molecular complexity index is 695. The Morgan fingerprint density at radius 1 is 0.833 bits per heavy atom. The summed E-state index contributed by atoms with van der Waals surface area (Å²) in [7, 11) is 4.46. The van der Waals surface area contributed by atoms with E-state index in [9.17, 15) is 0 Å². The van der Waals surface area contributed by atoms with Crippen molar-refractivity contribution in [3.05, 3.63) is 65.7 Å². The number of unbranched alkanes of at least 4 members (excludes halogenated alkanes) is 2. The molecule has 30 heavy (non-hydrogen) atoms. The second kappa shape index (κ2) is 12.8. The summed E-state index contributed by atoms with van der Waals surface area (Å²) < 4.78 is 12.9. The van der Waals surface area contributed by atoms with Gasteiger partial charge in [0.1, 0.15) is 12.4 Å². The van der Waals surface area contributed by atoms with Crippen LogP contribution in [0.1, 0.15) is 63.8 Å². The SMILES string of the molecule is CC[N+](C)(C)C(OCCOc1ccccc1)c1ccc(CCCCCC(C)C)cc1. The first-order chi connectivity index (χ1) is 14.4. The highest BCUT2D eigenvalue weighted by atomic mass is 16.5. The van der Waals surface area contributed by atoms with Crippen LogP contribution in [0.25, 0.3) is 0 Å². The predicted molar refractivity (Wildman–Crippen MR) is 127 cm³/mol. The second-order valence-electron chi connectivity index (χ2n) is 9.21. The number of ether oxygens (including phenoxy) is 2. The largest absolute Gasteiger partial charge is 0.491 e. The molecule has 0 aliphatic carbocycles. The van der Waals surface area contributed by atoms with Crippen LogP contribution in [-0.2, 0) is 11.2 Å². The average molecular weight is 413 g/mol. The van der Waals surface area contributed by atoms with Crippen LogP contribution in [-0.4, -0.2) is 38.3 Å². The van der Waals surface area contributed by atoms with E-state index >= 15 is 0 Å². The summed E-state index contributed by atoms with van der Waals surface area (Å²) in [5, 5.41) is 0. The molecule has 166 valence electrons. The molecule has 0 aliphatic heterocycles. The Balaban J connectivity index is 1.87. The first kappa shape index (κ1) is 24.4. The molecule has 1 unspecified atom stereocenters. The van der Waals surface area contributed by atoms with Crippen LogP contribution in [0.5, 0.6) is 5.75 Å². The number of hydrogen-bond acceptors (Lipinski definition) is 2. The molecule has 2 aromatic rings. The lowest BCUT2D eigenvalue weighted by atomic mass is 10.0. The summed E-state index contributed by atoms with van der Waals surface area (Å²) in [5.41, 5.74) is 2.67. The van der Waals surface area contributed by atoms with Gasteiger partial charge in [-0.2, -0.15) is 0 Å². The van der Waals surface area contributed by atoms with Crippen LogP contribution in [0.15, 0.2) is 54.6 Å². The minimum absolute atomic E-state index is 0.00876. The average Bonchev–Trinajstić information content (AvgIpc) is 2.74. The fourth-order valence-corrected chi connectivity index (χ4v) is 3.61. The number of benzene rings is 2. The molecule has 0 amide bonds. The van der Waals surface area contributed by atoms with Gasteiger partial charge in [0.15, 0.2) is 0 Å². The predicted octanol–water partition coefficient (Wildman–Crippen LogP) is 6.64. The Kier molecular flexibility index (Phi) is 10.4. The molecule has 0 aliphatic rings. The molecule has 0 saturated carbocycles. The van der Waals surface area contributed by atoms with Gasteiger partial charge < -0.3 is 9.47 Å². The Labute approximate surface area is 184 Å². The van der Waals surface area contributed by atoms with Gasteiger partial charge in [-0.05, 0) is 43.4 Å². The van der Waals surface area contributed by atoms with E-state index in [2.05, 4.69) is 59.1 Å². The Hall–Kier alpha value is -1.84. The third-order valence-electron chi connectivity index (χ3n) is 5.83. The van der Waals surface area contributed by atoms with Crippen molar-refractivity contribution in [1.82, 2.24) is 0 Å². The van der Waals surface area contributed by atoms with Crippen LogP contribution >= 0.6 is 0 Å². The maximum absolute atomic E-state index is 6.33. The number of quaternary nitrogens is 1. The number of para-hydroxylation sites is 1. The molecule has 0 fully saturated rings. The highest BCUT2D eigenvalue weighted by molar-refractivity contribution is 5.23. The van der Waals surface area contributed by atoms with E-state index in [-0.39, 0.29) is 6.23 Å². The van der Waals surface area contributed by atoms with Crippen molar-refractivity contribution >= 4 is 0 Å². The molecule has 3 heteroatoms.